The molecule has 0 amide bonds. The lowest BCUT2D eigenvalue weighted by molar-refractivity contribution is 0.178. The Morgan fingerprint density at radius 1 is 0.903 bits per heavy atom. The number of hydrogen-bond donors (Lipinski definition) is 2. The molecule has 1 heterocycles. The van der Waals surface area contributed by atoms with Gasteiger partial charge in [-0.3, -0.25) is 9.89 Å². The van der Waals surface area contributed by atoms with Gasteiger partial charge in [0, 0.05) is 26.7 Å². The smallest absolute Gasteiger partial charge is 0.190 e. The van der Waals surface area contributed by atoms with E-state index in [1.807, 2.05) is 31.3 Å². The Balaban J connectivity index is 1.32. The molecule has 0 radical (unpaired) electrons. The van der Waals surface area contributed by atoms with Crippen molar-refractivity contribution in [3.05, 3.63) is 59.7 Å². The molecular formula is C25H36N4O2. The largest absolute Gasteiger partial charge is 0.497 e. The first kappa shape index (κ1) is 22.9. The van der Waals surface area contributed by atoms with Crippen LogP contribution in [-0.2, 0) is 13.0 Å². The molecule has 0 aromatic heterocycles. The molecule has 2 N–H and O–H groups in total. The zero-order chi connectivity index (χ0) is 21.9. The first-order valence-corrected chi connectivity index (χ1v) is 11.1. The van der Waals surface area contributed by atoms with Crippen molar-refractivity contribution in [2.75, 3.05) is 47.4 Å². The topological polar surface area (TPSA) is 58.1 Å². The van der Waals surface area contributed by atoms with Gasteiger partial charge < -0.3 is 20.1 Å². The number of aliphatic imine (C=N–C) groups is 1. The van der Waals surface area contributed by atoms with E-state index in [0.717, 1.165) is 56.6 Å². The maximum Gasteiger partial charge on any atom is 0.190 e. The number of hydrogen-bond acceptors (Lipinski definition) is 4. The SMILES string of the molecule is CN=C(NCCc1ccc(OC)cc1)NCC1CCN(Cc2ccc(OC)cc2)CC1. The number of ether oxygens (including phenoxy) is 2. The van der Waals surface area contributed by atoms with E-state index in [2.05, 4.69) is 44.8 Å². The van der Waals surface area contributed by atoms with Gasteiger partial charge in [0.05, 0.1) is 14.2 Å². The number of likely N-dealkylation sites (tertiary alicyclic amines) is 1. The Morgan fingerprint density at radius 3 is 2.03 bits per heavy atom. The van der Waals surface area contributed by atoms with Crippen molar-refractivity contribution >= 4 is 5.96 Å². The Labute approximate surface area is 186 Å². The molecule has 0 spiro atoms. The summed E-state index contributed by atoms with van der Waals surface area (Å²) in [5, 5.41) is 6.93. The Kier molecular flexibility index (Phi) is 9.03. The van der Waals surface area contributed by atoms with Crippen molar-refractivity contribution < 1.29 is 9.47 Å². The second-order valence-corrected chi connectivity index (χ2v) is 8.05. The first-order chi connectivity index (χ1) is 15.2. The van der Waals surface area contributed by atoms with E-state index in [1.165, 1.54) is 24.0 Å². The second kappa shape index (κ2) is 12.2. The van der Waals surface area contributed by atoms with Gasteiger partial charge in [-0.1, -0.05) is 24.3 Å². The normalized spacial score (nSPS) is 15.5. The van der Waals surface area contributed by atoms with Gasteiger partial charge in [0.25, 0.3) is 0 Å². The molecule has 2 aromatic rings. The molecule has 0 unspecified atom stereocenters. The van der Waals surface area contributed by atoms with E-state index in [-0.39, 0.29) is 0 Å². The van der Waals surface area contributed by atoms with Gasteiger partial charge in [-0.15, -0.1) is 0 Å². The lowest BCUT2D eigenvalue weighted by atomic mass is 9.96. The summed E-state index contributed by atoms with van der Waals surface area (Å²) in [5.41, 5.74) is 2.63. The maximum absolute atomic E-state index is 5.24. The van der Waals surface area contributed by atoms with Crippen molar-refractivity contribution in [1.82, 2.24) is 15.5 Å². The number of nitrogens with one attached hydrogen (secondary N) is 2. The Morgan fingerprint density at radius 2 is 1.48 bits per heavy atom. The monoisotopic (exact) mass is 424 g/mol. The summed E-state index contributed by atoms with van der Waals surface area (Å²) in [7, 11) is 5.23. The minimum absolute atomic E-state index is 0.687. The minimum Gasteiger partial charge on any atom is -0.497 e. The van der Waals surface area contributed by atoms with Gasteiger partial charge in [0.15, 0.2) is 5.96 Å². The van der Waals surface area contributed by atoms with Crippen molar-refractivity contribution in [1.29, 1.82) is 0 Å². The van der Waals surface area contributed by atoms with E-state index >= 15 is 0 Å². The van der Waals surface area contributed by atoms with Crippen LogP contribution >= 0.6 is 0 Å². The number of benzene rings is 2. The molecule has 3 rings (SSSR count). The molecule has 6 nitrogen and oxygen atoms in total. The van der Waals surface area contributed by atoms with E-state index in [0.29, 0.717) is 5.92 Å². The number of guanidine groups is 1. The van der Waals surface area contributed by atoms with E-state index in [1.54, 1.807) is 14.2 Å². The highest BCUT2D eigenvalue weighted by Crippen LogP contribution is 2.19. The molecular weight excluding hydrogens is 388 g/mol. The van der Waals surface area contributed by atoms with Gasteiger partial charge in [-0.2, -0.15) is 0 Å². The van der Waals surface area contributed by atoms with Gasteiger partial charge in [-0.25, -0.2) is 0 Å². The second-order valence-electron chi connectivity index (χ2n) is 8.05. The molecule has 0 bridgehead atoms. The van der Waals surface area contributed by atoms with Crippen molar-refractivity contribution in [3.63, 3.8) is 0 Å². The fourth-order valence-electron chi connectivity index (χ4n) is 3.92. The van der Waals surface area contributed by atoms with Crippen LogP contribution in [0.2, 0.25) is 0 Å². The van der Waals surface area contributed by atoms with Gasteiger partial charge in [0.1, 0.15) is 11.5 Å². The summed E-state index contributed by atoms with van der Waals surface area (Å²) in [5.74, 6) is 3.38. The van der Waals surface area contributed by atoms with Crippen LogP contribution < -0.4 is 20.1 Å². The number of rotatable bonds is 9. The average molecular weight is 425 g/mol. The van der Waals surface area contributed by atoms with Crippen molar-refractivity contribution in [2.45, 2.75) is 25.8 Å². The maximum atomic E-state index is 5.24. The van der Waals surface area contributed by atoms with Gasteiger partial charge in [0.2, 0.25) is 0 Å². The molecule has 0 aliphatic carbocycles. The molecule has 6 heteroatoms. The van der Waals surface area contributed by atoms with Crippen LogP contribution in [0.25, 0.3) is 0 Å². The molecule has 1 aliphatic rings. The fourth-order valence-corrected chi connectivity index (χ4v) is 3.92. The van der Waals surface area contributed by atoms with Crippen molar-refractivity contribution in [3.8, 4) is 11.5 Å². The van der Waals surface area contributed by atoms with Crippen LogP contribution in [0.5, 0.6) is 11.5 Å². The van der Waals surface area contributed by atoms with Crippen LogP contribution in [0.15, 0.2) is 53.5 Å². The summed E-state index contributed by atoms with van der Waals surface area (Å²) >= 11 is 0. The number of nitrogens with zero attached hydrogens (tertiary/aromatic N) is 2. The summed E-state index contributed by atoms with van der Waals surface area (Å²) < 4.78 is 10.5. The number of piperidine rings is 1. The third-order valence-electron chi connectivity index (χ3n) is 5.92. The van der Waals surface area contributed by atoms with E-state index in [4.69, 9.17) is 9.47 Å². The van der Waals surface area contributed by atoms with E-state index < -0.39 is 0 Å². The van der Waals surface area contributed by atoms with Crippen molar-refractivity contribution in [2.24, 2.45) is 10.9 Å². The summed E-state index contributed by atoms with van der Waals surface area (Å²) in [6.07, 6.45) is 3.38. The third-order valence-corrected chi connectivity index (χ3v) is 5.92. The zero-order valence-corrected chi connectivity index (χ0v) is 19.1. The quantitative estimate of drug-likeness (QED) is 0.478. The van der Waals surface area contributed by atoms with Gasteiger partial charge >= 0.3 is 0 Å². The molecule has 0 saturated carbocycles. The highest BCUT2D eigenvalue weighted by molar-refractivity contribution is 5.79. The molecule has 2 aromatic carbocycles. The molecule has 1 saturated heterocycles. The third kappa shape index (κ3) is 7.47. The molecule has 1 aliphatic heterocycles. The van der Waals surface area contributed by atoms with Crippen LogP contribution in [0.4, 0.5) is 0 Å². The summed E-state index contributed by atoms with van der Waals surface area (Å²) in [4.78, 5) is 6.91. The van der Waals surface area contributed by atoms with Crippen LogP contribution in [0.1, 0.15) is 24.0 Å². The Bertz CT molecular complexity index is 797. The Hall–Kier alpha value is -2.73. The lowest BCUT2D eigenvalue weighted by Gasteiger charge is -2.32. The predicted octanol–water partition coefficient (Wildman–Crippen LogP) is 3.32. The molecule has 0 atom stereocenters. The molecule has 31 heavy (non-hydrogen) atoms. The highest BCUT2D eigenvalue weighted by atomic mass is 16.5. The molecule has 168 valence electrons. The predicted molar refractivity (Wildman–Crippen MR) is 127 cm³/mol. The molecule has 1 fully saturated rings. The minimum atomic E-state index is 0.687. The highest BCUT2D eigenvalue weighted by Gasteiger charge is 2.19. The summed E-state index contributed by atoms with van der Waals surface area (Å²) in [6.45, 7) is 5.12. The van der Waals surface area contributed by atoms with E-state index in [9.17, 15) is 0 Å². The van der Waals surface area contributed by atoms with Crippen LogP contribution in [0.3, 0.4) is 0 Å². The summed E-state index contributed by atoms with van der Waals surface area (Å²) in [6, 6.07) is 16.6. The zero-order valence-electron chi connectivity index (χ0n) is 19.1. The first-order valence-electron chi connectivity index (χ1n) is 11.1. The standard InChI is InChI=1S/C25H36N4O2/c1-26-25(27-15-12-20-4-8-23(30-2)9-5-20)28-18-21-13-16-29(17-14-21)19-22-6-10-24(31-3)11-7-22/h4-11,21H,12-19H2,1-3H3,(H2,26,27,28). The van der Waals surface area contributed by atoms with Gasteiger partial charge in [-0.05, 0) is 73.7 Å². The fraction of sp³-hybridized carbons (Fsp3) is 0.480. The van der Waals surface area contributed by atoms with Crippen LogP contribution in [-0.4, -0.2) is 58.3 Å². The average Bonchev–Trinajstić information content (AvgIpc) is 2.83. The van der Waals surface area contributed by atoms with Crippen LogP contribution in [0, 0.1) is 5.92 Å². The lowest BCUT2D eigenvalue weighted by Crippen LogP contribution is -2.43. The number of methoxy groups -OCH3 is 2.